The third kappa shape index (κ3) is 6.32. The number of anilines is 1. The third-order valence-corrected chi connectivity index (χ3v) is 5.02. The van der Waals surface area contributed by atoms with Crippen LogP contribution in [0.4, 0.5) is 5.69 Å². The normalized spacial score (nSPS) is 12.7. The molecule has 30 heavy (non-hydrogen) atoms. The molecule has 2 unspecified atom stereocenters. The van der Waals surface area contributed by atoms with Crippen LogP contribution in [0.25, 0.3) is 0 Å². The maximum Gasteiger partial charge on any atom is 0.265 e. The molecule has 2 atom stereocenters. The molecule has 0 heterocycles. The minimum absolute atomic E-state index is 0.265. The van der Waals surface area contributed by atoms with Crippen molar-refractivity contribution >= 4 is 17.5 Å². The second kappa shape index (κ2) is 12.0. The molecule has 2 rings (SSSR count). The quantitative estimate of drug-likeness (QED) is 0.537. The first kappa shape index (κ1) is 23.4. The van der Waals surface area contributed by atoms with Gasteiger partial charge in [0.1, 0.15) is 5.75 Å². The Morgan fingerprint density at radius 2 is 1.70 bits per heavy atom. The van der Waals surface area contributed by atoms with Gasteiger partial charge in [0.15, 0.2) is 6.10 Å². The average molecular weight is 413 g/mol. The molecular formula is C24H32N2O4. The lowest BCUT2D eigenvalue weighted by Gasteiger charge is -2.22. The minimum atomic E-state index is -0.667. The number of para-hydroxylation sites is 2. The highest BCUT2D eigenvalue weighted by molar-refractivity contribution is 6.04. The summed E-state index contributed by atoms with van der Waals surface area (Å²) in [5.74, 6) is 0.505. The molecule has 2 N–H and O–H groups in total. The monoisotopic (exact) mass is 412 g/mol. The molecule has 0 aliphatic carbocycles. The van der Waals surface area contributed by atoms with Gasteiger partial charge < -0.3 is 20.1 Å². The molecule has 0 aliphatic heterocycles. The maximum atomic E-state index is 12.9. The number of benzene rings is 2. The van der Waals surface area contributed by atoms with E-state index in [-0.39, 0.29) is 11.8 Å². The van der Waals surface area contributed by atoms with Gasteiger partial charge in [0.05, 0.1) is 17.9 Å². The van der Waals surface area contributed by atoms with Crippen LogP contribution in [0.1, 0.15) is 55.5 Å². The minimum Gasteiger partial charge on any atom is -0.480 e. The van der Waals surface area contributed by atoms with Crippen molar-refractivity contribution in [2.45, 2.75) is 45.6 Å². The largest absolute Gasteiger partial charge is 0.480 e. The van der Waals surface area contributed by atoms with Crippen LogP contribution in [-0.4, -0.2) is 38.2 Å². The molecule has 2 aromatic rings. The van der Waals surface area contributed by atoms with E-state index in [2.05, 4.69) is 24.5 Å². The zero-order valence-electron chi connectivity index (χ0n) is 18.2. The SMILES string of the molecule is CCC(Oc1ccccc1C(C)CC)C(=O)Nc1ccccc1C(=O)NCCOC. The highest BCUT2D eigenvalue weighted by atomic mass is 16.5. The smallest absolute Gasteiger partial charge is 0.265 e. The zero-order chi connectivity index (χ0) is 21.9. The third-order valence-electron chi connectivity index (χ3n) is 5.02. The predicted molar refractivity (Wildman–Crippen MR) is 119 cm³/mol. The van der Waals surface area contributed by atoms with Crippen LogP contribution < -0.4 is 15.4 Å². The number of ether oxygens (including phenoxy) is 2. The van der Waals surface area contributed by atoms with Gasteiger partial charge in [-0.3, -0.25) is 9.59 Å². The van der Waals surface area contributed by atoms with E-state index in [1.165, 1.54) is 0 Å². The van der Waals surface area contributed by atoms with Gasteiger partial charge in [-0.15, -0.1) is 0 Å². The van der Waals surface area contributed by atoms with Crippen LogP contribution in [-0.2, 0) is 9.53 Å². The number of hydrogen-bond acceptors (Lipinski definition) is 4. The Morgan fingerprint density at radius 1 is 1.00 bits per heavy atom. The fraction of sp³-hybridized carbons (Fsp3) is 0.417. The molecule has 0 aromatic heterocycles. The van der Waals surface area contributed by atoms with E-state index in [4.69, 9.17) is 9.47 Å². The molecule has 6 heteroatoms. The Labute approximate surface area is 179 Å². The molecule has 0 radical (unpaired) electrons. The summed E-state index contributed by atoms with van der Waals surface area (Å²) in [6.07, 6.45) is 0.817. The second-order valence-electron chi connectivity index (χ2n) is 7.15. The number of carbonyl (C=O) groups is 2. The predicted octanol–water partition coefficient (Wildman–Crippen LogP) is 4.37. The Bertz CT molecular complexity index is 837. The van der Waals surface area contributed by atoms with Gasteiger partial charge in [0.2, 0.25) is 0 Å². The highest BCUT2D eigenvalue weighted by Gasteiger charge is 2.22. The summed E-state index contributed by atoms with van der Waals surface area (Å²) in [7, 11) is 1.57. The maximum absolute atomic E-state index is 12.9. The number of methoxy groups -OCH3 is 1. The van der Waals surface area contributed by atoms with Gasteiger partial charge in [-0.2, -0.15) is 0 Å². The van der Waals surface area contributed by atoms with Crippen molar-refractivity contribution in [3.8, 4) is 5.75 Å². The van der Waals surface area contributed by atoms with Crippen molar-refractivity contribution in [2.24, 2.45) is 0 Å². The summed E-state index contributed by atoms with van der Waals surface area (Å²) in [6, 6.07) is 14.8. The Morgan fingerprint density at radius 3 is 2.40 bits per heavy atom. The lowest BCUT2D eigenvalue weighted by molar-refractivity contribution is -0.122. The van der Waals surface area contributed by atoms with Crippen LogP contribution in [0.15, 0.2) is 48.5 Å². The van der Waals surface area contributed by atoms with Crippen molar-refractivity contribution in [1.82, 2.24) is 5.32 Å². The molecule has 0 saturated carbocycles. The molecule has 0 fully saturated rings. The van der Waals surface area contributed by atoms with Gasteiger partial charge in [0, 0.05) is 13.7 Å². The van der Waals surface area contributed by atoms with Crippen LogP contribution in [0.3, 0.4) is 0 Å². The van der Waals surface area contributed by atoms with E-state index in [9.17, 15) is 9.59 Å². The first-order chi connectivity index (χ1) is 14.5. The number of hydrogen-bond donors (Lipinski definition) is 2. The van der Waals surface area contributed by atoms with Gasteiger partial charge in [-0.25, -0.2) is 0 Å². The molecule has 0 saturated heterocycles. The van der Waals surface area contributed by atoms with E-state index >= 15 is 0 Å². The summed E-state index contributed by atoms with van der Waals surface area (Å²) >= 11 is 0. The molecule has 6 nitrogen and oxygen atoms in total. The Balaban J connectivity index is 2.14. The van der Waals surface area contributed by atoms with Crippen molar-refractivity contribution < 1.29 is 19.1 Å². The summed E-state index contributed by atoms with van der Waals surface area (Å²) in [5, 5.41) is 5.64. The van der Waals surface area contributed by atoms with Crippen molar-refractivity contribution in [2.75, 3.05) is 25.6 Å². The molecule has 2 amide bonds. The van der Waals surface area contributed by atoms with Crippen molar-refractivity contribution in [3.63, 3.8) is 0 Å². The standard InChI is InChI=1S/C24H32N2O4/c1-5-17(3)18-11-8-10-14-22(18)30-21(6-2)24(28)26-20-13-9-7-12-19(20)23(27)25-15-16-29-4/h7-14,17,21H,5-6,15-16H2,1-4H3,(H,25,27)(H,26,28). The van der Waals surface area contributed by atoms with E-state index in [1.54, 1.807) is 31.4 Å². The lowest BCUT2D eigenvalue weighted by atomic mass is 9.98. The van der Waals surface area contributed by atoms with Crippen molar-refractivity contribution in [1.29, 1.82) is 0 Å². The fourth-order valence-electron chi connectivity index (χ4n) is 3.06. The van der Waals surface area contributed by atoms with Crippen LogP contribution in [0.2, 0.25) is 0 Å². The van der Waals surface area contributed by atoms with Gasteiger partial charge in [0.25, 0.3) is 11.8 Å². The van der Waals surface area contributed by atoms with E-state index < -0.39 is 6.10 Å². The summed E-state index contributed by atoms with van der Waals surface area (Å²) in [4.78, 5) is 25.4. The molecule has 0 bridgehead atoms. The number of rotatable bonds is 11. The second-order valence-corrected chi connectivity index (χ2v) is 7.15. The molecular weight excluding hydrogens is 380 g/mol. The lowest BCUT2D eigenvalue weighted by Crippen LogP contribution is -2.34. The summed E-state index contributed by atoms with van der Waals surface area (Å²) in [6.45, 7) is 6.98. The topological polar surface area (TPSA) is 76.7 Å². The van der Waals surface area contributed by atoms with Gasteiger partial charge >= 0.3 is 0 Å². The van der Waals surface area contributed by atoms with Crippen molar-refractivity contribution in [3.05, 3.63) is 59.7 Å². The average Bonchev–Trinajstić information content (AvgIpc) is 2.77. The zero-order valence-corrected chi connectivity index (χ0v) is 18.2. The van der Waals surface area contributed by atoms with E-state index in [0.29, 0.717) is 36.7 Å². The first-order valence-electron chi connectivity index (χ1n) is 10.4. The highest BCUT2D eigenvalue weighted by Crippen LogP contribution is 2.29. The Kier molecular flexibility index (Phi) is 9.35. The number of nitrogens with one attached hydrogen (secondary N) is 2. The summed E-state index contributed by atoms with van der Waals surface area (Å²) < 4.78 is 11.1. The first-order valence-corrected chi connectivity index (χ1v) is 10.4. The molecule has 0 aliphatic rings. The van der Waals surface area contributed by atoms with Crippen LogP contribution in [0, 0.1) is 0 Å². The van der Waals surface area contributed by atoms with Crippen LogP contribution >= 0.6 is 0 Å². The van der Waals surface area contributed by atoms with Gasteiger partial charge in [-0.1, -0.05) is 51.1 Å². The summed E-state index contributed by atoms with van der Waals surface area (Å²) in [5.41, 5.74) is 1.94. The molecule has 2 aromatic carbocycles. The number of carbonyl (C=O) groups excluding carboxylic acids is 2. The van der Waals surface area contributed by atoms with E-state index in [1.807, 2.05) is 31.2 Å². The Hall–Kier alpha value is -2.86. The van der Waals surface area contributed by atoms with E-state index in [0.717, 1.165) is 17.7 Å². The molecule has 0 spiro atoms. The van der Waals surface area contributed by atoms with Gasteiger partial charge in [-0.05, 0) is 42.5 Å². The van der Waals surface area contributed by atoms with Crippen LogP contribution in [0.5, 0.6) is 5.75 Å². The fourth-order valence-corrected chi connectivity index (χ4v) is 3.06. The molecule has 162 valence electrons. The number of amides is 2.